The summed E-state index contributed by atoms with van der Waals surface area (Å²) in [4.78, 5) is 17.0. The second-order valence-corrected chi connectivity index (χ2v) is 7.53. The lowest BCUT2D eigenvalue weighted by Gasteiger charge is -2.06. The number of aromatic nitrogens is 2. The molecular weight excluding hydrogens is 458 g/mol. The van der Waals surface area contributed by atoms with Crippen LogP contribution in [0.5, 0.6) is 0 Å². The van der Waals surface area contributed by atoms with Crippen LogP contribution < -0.4 is 5.32 Å². The molecule has 0 saturated heterocycles. The fourth-order valence-corrected chi connectivity index (χ4v) is 4.01. The van der Waals surface area contributed by atoms with Crippen molar-refractivity contribution in [2.75, 3.05) is 5.32 Å². The van der Waals surface area contributed by atoms with Gasteiger partial charge in [0.25, 0.3) is 5.91 Å². The predicted molar refractivity (Wildman–Crippen MR) is 110 cm³/mol. The summed E-state index contributed by atoms with van der Waals surface area (Å²) in [5.41, 5.74) is 3.96. The van der Waals surface area contributed by atoms with Crippen LogP contribution in [0, 0.1) is 0 Å². The van der Waals surface area contributed by atoms with Gasteiger partial charge >= 0.3 is 0 Å². The first kappa shape index (κ1) is 17.0. The number of carbonyl (C=O) groups is 1. The number of hydrogen-bond donors (Lipinski definition) is 1. The molecule has 4 rings (SSSR count). The highest BCUT2D eigenvalue weighted by Gasteiger charge is 2.10. The predicted octanol–water partition coefficient (Wildman–Crippen LogP) is 5.78. The summed E-state index contributed by atoms with van der Waals surface area (Å²) in [6, 6.07) is 18.8. The molecule has 6 heteroatoms. The highest BCUT2D eigenvalue weighted by molar-refractivity contribution is 9.11. The number of nitrogens with one attached hydrogen (secondary N) is 1. The number of carbonyl (C=O) groups excluding carboxylic acids is 1. The van der Waals surface area contributed by atoms with Crippen molar-refractivity contribution in [3.8, 4) is 11.3 Å². The summed E-state index contributed by atoms with van der Waals surface area (Å²) in [7, 11) is 0. The van der Waals surface area contributed by atoms with Crippen LogP contribution in [0.3, 0.4) is 0 Å². The highest BCUT2D eigenvalue weighted by Crippen LogP contribution is 2.27. The normalized spacial score (nSPS) is 10.8. The van der Waals surface area contributed by atoms with Gasteiger partial charge in [-0.05, 0) is 62.2 Å². The minimum atomic E-state index is -0.135. The van der Waals surface area contributed by atoms with E-state index in [4.69, 9.17) is 0 Å². The van der Waals surface area contributed by atoms with Crippen LogP contribution in [0.1, 0.15) is 10.4 Å². The van der Waals surface area contributed by atoms with Gasteiger partial charge in [0.1, 0.15) is 0 Å². The van der Waals surface area contributed by atoms with Crippen molar-refractivity contribution in [1.29, 1.82) is 0 Å². The fourth-order valence-electron chi connectivity index (χ4n) is 2.71. The SMILES string of the molecule is O=C(Nc1cccc(-c2cn3cc(Br)cc(Br)c3n2)c1)c1ccccc1. The number of fused-ring (bicyclic) bond motifs is 1. The molecule has 2 heterocycles. The monoisotopic (exact) mass is 469 g/mol. The number of nitrogens with zero attached hydrogens (tertiary/aromatic N) is 2. The van der Waals surface area contributed by atoms with Crippen molar-refractivity contribution in [2.45, 2.75) is 0 Å². The lowest BCUT2D eigenvalue weighted by atomic mass is 10.1. The number of benzene rings is 2. The zero-order valence-corrected chi connectivity index (χ0v) is 16.7. The van der Waals surface area contributed by atoms with Gasteiger partial charge in [-0.1, -0.05) is 30.3 Å². The Morgan fingerprint density at radius 1 is 0.962 bits per heavy atom. The Balaban J connectivity index is 1.66. The van der Waals surface area contributed by atoms with Crippen molar-refractivity contribution in [1.82, 2.24) is 9.38 Å². The maximum absolute atomic E-state index is 12.3. The van der Waals surface area contributed by atoms with Gasteiger partial charge in [0.15, 0.2) is 5.65 Å². The zero-order valence-electron chi connectivity index (χ0n) is 13.5. The minimum absolute atomic E-state index is 0.135. The Morgan fingerprint density at radius 3 is 2.58 bits per heavy atom. The molecule has 4 aromatic rings. The molecule has 26 heavy (non-hydrogen) atoms. The van der Waals surface area contributed by atoms with E-state index in [-0.39, 0.29) is 5.91 Å². The van der Waals surface area contributed by atoms with Crippen molar-refractivity contribution in [3.05, 3.63) is 87.6 Å². The third-order valence-electron chi connectivity index (χ3n) is 3.93. The number of rotatable bonds is 3. The maximum atomic E-state index is 12.3. The Kier molecular flexibility index (Phi) is 4.61. The molecule has 0 aliphatic heterocycles. The molecule has 0 aliphatic carbocycles. The van der Waals surface area contributed by atoms with Gasteiger partial charge in [-0.3, -0.25) is 4.79 Å². The molecule has 1 N–H and O–H groups in total. The minimum Gasteiger partial charge on any atom is -0.322 e. The molecular formula is C20H13Br2N3O. The van der Waals surface area contributed by atoms with E-state index in [1.165, 1.54) is 0 Å². The summed E-state index contributed by atoms with van der Waals surface area (Å²) in [5, 5.41) is 2.93. The Labute approximate surface area is 167 Å². The Bertz CT molecular complexity index is 1110. The maximum Gasteiger partial charge on any atom is 0.255 e. The van der Waals surface area contributed by atoms with E-state index in [1.807, 2.05) is 65.3 Å². The number of halogens is 2. The molecule has 0 aliphatic rings. The molecule has 2 aromatic heterocycles. The number of anilines is 1. The Morgan fingerprint density at radius 2 is 1.77 bits per heavy atom. The molecule has 128 valence electrons. The quantitative estimate of drug-likeness (QED) is 0.412. The van der Waals surface area contributed by atoms with Gasteiger partial charge in [-0.15, -0.1) is 0 Å². The van der Waals surface area contributed by atoms with Crippen LogP contribution in [-0.4, -0.2) is 15.3 Å². The van der Waals surface area contributed by atoms with Crippen LogP contribution >= 0.6 is 31.9 Å². The third kappa shape index (κ3) is 3.43. The number of pyridine rings is 1. The summed E-state index contributed by atoms with van der Waals surface area (Å²) in [6.45, 7) is 0. The largest absolute Gasteiger partial charge is 0.322 e. The average Bonchev–Trinajstić information content (AvgIpc) is 3.07. The van der Waals surface area contributed by atoms with Crippen LogP contribution in [0.25, 0.3) is 16.9 Å². The first-order valence-corrected chi connectivity index (χ1v) is 9.49. The lowest BCUT2D eigenvalue weighted by molar-refractivity contribution is 0.102. The molecule has 0 unspecified atom stereocenters. The molecule has 0 saturated carbocycles. The van der Waals surface area contributed by atoms with Crippen molar-refractivity contribution in [3.63, 3.8) is 0 Å². The third-order valence-corrected chi connectivity index (χ3v) is 4.94. The second-order valence-electron chi connectivity index (χ2n) is 5.76. The van der Waals surface area contributed by atoms with Crippen LogP contribution in [0.4, 0.5) is 5.69 Å². The fraction of sp³-hybridized carbons (Fsp3) is 0. The van der Waals surface area contributed by atoms with E-state index in [9.17, 15) is 4.79 Å². The van der Waals surface area contributed by atoms with Gasteiger partial charge in [0.05, 0.1) is 10.2 Å². The van der Waals surface area contributed by atoms with Crippen molar-refractivity contribution in [2.24, 2.45) is 0 Å². The zero-order chi connectivity index (χ0) is 18.1. The number of imidazole rings is 1. The van der Waals surface area contributed by atoms with Crippen molar-refractivity contribution >= 4 is 49.1 Å². The van der Waals surface area contributed by atoms with Gasteiger partial charge < -0.3 is 9.72 Å². The number of amides is 1. The average molecular weight is 471 g/mol. The highest BCUT2D eigenvalue weighted by atomic mass is 79.9. The smallest absolute Gasteiger partial charge is 0.255 e. The second kappa shape index (κ2) is 7.05. The molecule has 2 aromatic carbocycles. The first-order valence-electron chi connectivity index (χ1n) is 7.91. The van der Waals surface area contributed by atoms with E-state index < -0.39 is 0 Å². The molecule has 0 atom stereocenters. The van der Waals surface area contributed by atoms with Gasteiger partial charge in [0.2, 0.25) is 0 Å². The number of hydrogen-bond acceptors (Lipinski definition) is 2. The van der Waals surface area contributed by atoms with Crippen molar-refractivity contribution < 1.29 is 4.79 Å². The molecule has 0 fully saturated rings. The first-order chi connectivity index (χ1) is 12.6. The summed E-state index contributed by atoms with van der Waals surface area (Å²) in [5.74, 6) is -0.135. The van der Waals surface area contributed by atoms with E-state index in [0.29, 0.717) is 5.56 Å². The van der Waals surface area contributed by atoms with Gasteiger partial charge in [0, 0.05) is 33.7 Å². The van der Waals surface area contributed by atoms with E-state index >= 15 is 0 Å². The summed E-state index contributed by atoms with van der Waals surface area (Å²) < 4.78 is 3.83. The van der Waals surface area contributed by atoms with Gasteiger partial charge in [-0.2, -0.15) is 0 Å². The lowest BCUT2D eigenvalue weighted by Crippen LogP contribution is -2.11. The van der Waals surface area contributed by atoms with Crippen LogP contribution in [0.2, 0.25) is 0 Å². The molecule has 0 radical (unpaired) electrons. The molecule has 1 amide bonds. The van der Waals surface area contributed by atoms with Crippen LogP contribution in [-0.2, 0) is 0 Å². The van der Waals surface area contributed by atoms with Gasteiger partial charge in [-0.25, -0.2) is 4.98 Å². The molecule has 0 bridgehead atoms. The molecule has 4 nitrogen and oxygen atoms in total. The topological polar surface area (TPSA) is 46.4 Å². The summed E-state index contributed by atoms with van der Waals surface area (Å²) in [6.07, 6.45) is 3.92. The summed E-state index contributed by atoms with van der Waals surface area (Å²) >= 11 is 7.02. The Hall–Kier alpha value is -2.44. The van der Waals surface area contributed by atoms with E-state index in [2.05, 4.69) is 42.2 Å². The van der Waals surface area contributed by atoms with E-state index in [0.717, 1.165) is 31.5 Å². The molecule has 0 spiro atoms. The standard InChI is InChI=1S/C20H13Br2N3O/c21-15-10-17(22)19-24-18(12-25(19)11-15)14-7-4-8-16(9-14)23-20(26)13-5-2-1-3-6-13/h1-12H,(H,23,26). The van der Waals surface area contributed by atoms with E-state index in [1.54, 1.807) is 12.1 Å². The van der Waals surface area contributed by atoms with Crippen LogP contribution in [0.15, 0.2) is 82.0 Å².